The van der Waals surface area contributed by atoms with Crippen LogP contribution in [0, 0.1) is 0 Å². The third kappa shape index (κ3) is 4.90. The molecule has 0 spiro atoms. The number of benzene rings is 3. The highest BCUT2D eigenvalue weighted by molar-refractivity contribution is 6.06. The van der Waals surface area contributed by atoms with Crippen molar-refractivity contribution in [2.75, 3.05) is 0 Å². The summed E-state index contributed by atoms with van der Waals surface area (Å²) in [7, 11) is 0. The lowest BCUT2D eigenvalue weighted by molar-refractivity contribution is 0.104. The van der Waals surface area contributed by atoms with Crippen LogP contribution in [0.2, 0.25) is 0 Å². The summed E-state index contributed by atoms with van der Waals surface area (Å²) in [6, 6.07) is 29.3. The Bertz CT molecular complexity index is 1080. The first kappa shape index (κ1) is 18.5. The Morgan fingerprint density at radius 1 is 0.793 bits per heavy atom. The average molecular weight is 379 g/mol. The van der Waals surface area contributed by atoms with Crippen LogP contribution in [0.5, 0.6) is 5.75 Å². The van der Waals surface area contributed by atoms with Crippen LogP contribution in [-0.4, -0.2) is 10.4 Å². The van der Waals surface area contributed by atoms with Crippen LogP contribution in [0.25, 0.3) is 11.8 Å². The molecule has 0 aliphatic rings. The van der Waals surface area contributed by atoms with E-state index in [1.54, 1.807) is 6.08 Å². The Hall–Kier alpha value is -3.85. The molecule has 1 aromatic heterocycles. The Kier molecular flexibility index (Phi) is 5.68. The van der Waals surface area contributed by atoms with Crippen molar-refractivity contribution < 1.29 is 9.53 Å². The summed E-state index contributed by atoms with van der Waals surface area (Å²) in [5.74, 6) is 0.784. The van der Waals surface area contributed by atoms with Crippen molar-refractivity contribution in [1.29, 1.82) is 0 Å². The molecule has 3 aromatic carbocycles. The average Bonchev–Trinajstić information content (AvgIpc) is 3.33. The van der Waals surface area contributed by atoms with Gasteiger partial charge in [-0.05, 0) is 65.7 Å². The fraction of sp³-hybridized carbons (Fsp3) is 0.0385. The number of rotatable bonds is 7. The Balaban J connectivity index is 1.35. The summed E-state index contributed by atoms with van der Waals surface area (Å²) in [4.78, 5) is 12.4. The topological polar surface area (TPSA) is 31.2 Å². The smallest absolute Gasteiger partial charge is 0.185 e. The maximum Gasteiger partial charge on any atom is 0.185 e. The van der Waals surface area contributed by atoms with Crippen LogP contribution >= 0.6 is 0 Å². The number of hydrogen-bond donors (Lipinski definition) is 0. The molecule has 0 amide bonds. The molecular formula is C26H21NO2. The molecule has 0 radical (unpaired) electrons. The summed E-state index contributed by atoms with van der Waals surface area (Å²) in [5, 5.41) is 0. The Labute approximate surface area is 170 Å². The minimum absolute atomic E-state index is 0.0199. The van der Waals surface area contributed by atoms with Gasteiger partial charge in [0.15, 0.2) is 5.78 Å². The maximum absolute atomic E-state index is 12.4. The second-order valence-electron chi connectivity index (χ2n) is 6.68. The van der Waals surface area contributed by atoms with E-state index in [0.29, 0.717) is 12.2 Å². The Morgan fingerprint density at radius 2 is 1.48 bits per heavy atom. The molecule has 0 unspecified atom stereocenters. The highest BCUT2D eigenvalue weighted by atomic mass is 16.5. The minimum Gasteiger partial charge on any atom is -0.489 e. The molecular weight excluding hydrogens is 358 g/mol. The second kappa shape index (κ2) is 8.89. The fourth-order valence-corrected chi connectivity index (χ4v) is 2.99. The van der Waals surface area contributed by atoms with Crippen molar-refractivity contribution in [2.24, 2.45) is 0 Å². The van der Waals surface area contributed by atoms with Gasteiger partial charge >= 0.3 is 0 Å². The van der Waals surface area contributed by atoms with Crippen LogP contribution in [0.4, 0.5) is 0 Å². The van der Waals surface area contributed by atoms with Gasteiger partial charge in [-0.1, -0.05) is 48.5 Å². The molecule has 0 saturated carbocycles. The molecule has 0 bridgehead atoms. The lowest BCUT2D eigenvalue weighted by Crippen LogP contribution is -1.96. The maximum atomic E-state index is 12.4. The summed E-state index contributed by atoms with van der Waals surface area (Å²) in [5.41, 5.74) is 3.78. The van der Waals surface area contributed by atoms with Gasteiger partial charge in [-0.2, -0.15) is 0 Å². The molecule has 0 atom stereocenters. The summed E-state index contributed by atoms with van der Waals surface area (Å²) in [6.07, 6.45) is 7.38. The van der Waals surface area contributed by atoms with Crippen molar-refractivity contribution in [3.8, 4) is 11.4 Å². The number of aromatic nitrogens is 1. The van der Waals surface area contributed by atoms with Crippen LogP contribution in [0.15, 0.2) is 109 Å². The molecule has 0 N–H and O–H groups in total. The molecule has 0 saturated heterocycles. The minimum atomic E-state index is -0.0199. The van der Waals surface area contributed by atoms with Crippen LogP contribution in [0.1, 0.15) is 21.5 Å². The van der Waals surface area contributed by atoms with Crippen LogP contribution in [0.3, 0.4) is 0 Å². The van der Waals surface area contributed by atoms with E-state index in [4.69, 9.17) is 4.74 Å². The number of hydrogen-bond acceptors (Lipinski definition) is 2. The zero-order valence-electron chi connectivity index (χ0n) is 15.9. The van der Waals surface area contributed by atoms with Gasteiger partial charge in [0.05, 0.1) is 0 Å². The molecule has 4 aromatic rings. The van der Waals surface area contributed by atoms with Gasteiger partial charge < -0.3 is 9.30 Å². The molecule has 142 valence electrons. The third-order valence-corrected chi connectivity index (χ3v) is 4.61. The van der Waals surface area contributed by atoms with E-state index in [2.05, 4.69) is 0 Å². The predicted octanol–water partition coefficient (Wildman–Crippen LogP) is 5.95. The van der Waals surface area contributed by atoms with Crippen molar-refractivity contribution in [3.05, 3.63) is 126 Å². The zero-order valence-corrected chi connectivity index (χ0v) is 15.9. The molecule has 0 fully saturated rings. The van der Waals surface area contributed by atoms with E-state index in [0.717, 1.165) is 22.6 Å². The molecule has 3 heteroatoms. The van der Waals surface area contributed by atoms with E-state index >= 15 is 0 Å². The van der Waals surface area contributed by atoms with E-state index < -0.39 is 0 Å². The molecule has 4 rings (SSSR count). The first-order chi connectivity index (χ1) is 14.3. The normalized spacial score (nSPS) is 10.9. The van der Waals surface area contributed by atoms with Crippen LogP contribution < -0.4 is 4.74 Å². The van der Waals surface area contributed by atoms with E-state index in [-0.39, 0.29) is 5.78 Å². The monoisotopic (exact) mass is 379 g/mol. The van der Waals surface area contributed by atoms with Gasteiger partial charge in [0.1, 0.15) is 12.4 Å². The van der Waals surface area contributed by atoms with Crippen molar-refractivity contribution >= 4 is 11.9 Å². The quantitative estimate of drug-likeness (QED) is 0.293. The zero-order chi connectivity index (χ0) is 19.9. The van der Waals surface area contributed by atoms with Crippen molar-refractivity contribution in [2.45, 2.75) is 6.61 Å². The largest absolute Gasteiger partial charge is 0.489 e. The number of nitrogens with zero attached hydrogens (tertiary/aromatic N) is 1. The van der Waals surface area contributed by atoms with Gasteiger partial charge in [0.2, 0.25) is 0 Å². The first-order valence-corrected chi connectivity index (χ1v) is 9.50. The second-order valence-corrected chi connectivity index (χ2v) is 6.68. The highest BCUT2D eigenvalue weighted by Crippen LogP contribution is 2.16. The first-order valence-electron chi connectivity index (χ1n) is 9.50. The van der Waals surface area contributed by atoms with Crippen molar-refractivity contribution in [3.63, 3.8) is 0 Å². The molecule has 29 heavy (non-hydrogen) atoms. The standard InChI is InChI=1S/C26H21NO2/c28-26(23-11-13-24(14-12-23)27-18-4-5-19-27)17-10-21-8-15-25(16-9-21)29-20-22-6-2-1-3-7-22/h1-19H,20H2. The number of carbonyl (C=O) groups is 1. The summed E-state index contributed by atoms with van der Waals surface area (Å²) in [6.45, 7) is 0.535. The van der Waals surface area contributed by atoms with Crippen molar-refractivity contribution in [1.82, 2.24) is 4.57 Å². The molecule has 0 aliphatic carbocycles. The molecule has 3 nitrogen and oxygen atoms in total. The predicted molar refractivity (Wildman–Crippen MR) is 116 cm³/mol. The lowest BCUT2D eigenvalue weighted by Gasteiger charge is -2.06. The van der Waals surface area contributed by atoms with Gasteiger partial charge in [-0.3, -0.25) is 4.79 Å². The summed E-state index contributed by atoms with van der Waals surface area (Å²) >= 11 is 0. The number of allylic oxidation sites excluding steroid dienone is 1. The number of carbonyl (C=O) groups excluding carboxylic acids is 1. The number of ketones is 1. The Morgan fingerprint density at radius 3 is 2.17 bits per heavy atom. The van der Waals surface area contributed by atoms with E-state index in [9.17, 15) is 4.79 Å². The fourth-order valence-electron chi connectivity index (χ4n) is 2.99. The highest BCUT2D eigenvalue weighted by Gasteiger charge is 2.03. The van der Waals surface area contributed by atoms with Gasteiger partial charge in [-0.25, -0.2) is 0 Å². The van der Waals surface area contributed by atoms with Gasteiger partial charge in [0, 0.05) is 23.6 Å². The summed E-state index contributed by atoms with van der Waals surface area (Å²) < 4.78 is 7.80. The van der Waals surface area contributed by atoms with E-state index in [1.807, 2.05) is 114 Å². The lowest BCUT2D eigenvalue weighted by atomic mass is 10.1. The third-order valence-electron chi connectivity index (χ3n) is 4.61. The van der Waals surface area contributed by atoms with Gasteiger partial charge in [-0.15, -0.1) is 0 Å². The number of ether oxygens (including phenoxy) is 1. The SMILES string of the molecule is O=C(C=Cc1ccc(OCc2ccccc2)cc1)c1ccc(-n2cccc2)cc1. The van der Waals surface area contributed by atoms with Crippen LogP contribution in [-0.2, 0) is 6.61 Å². The van der Waals surface area contributed by atoms with Gasteiger partial charge in [0.25, 0.3) is 0 Å². The molecule has 1 heterocycles. The molecule has 0 aliphatic heterocycles. The van der Waals surface area contributed by atoms with E-state index in [1.165, 1.54) is 0 Å².